The van der Waals surface area contributed by atoms with Gasteiger partial charge in [-0.2, -0.15) is 0 Å². The second kappa shape index (κ2) is 6.19. The lowest BCUT2D eigenvalue weighted by molar-refractivity contribution is 0.102. The third kappa shape index (κ3) is 3.77. The van der Waals surface area contributed by atoms with Gasteiger partial charge in [0, 0.05) is 5.69 Å². The molecule has 1 aromatic heterocycles. The van der Waals surface area contributed by atoms with Gasteiger partial charge in [-0.3, -0.25) is 9.78 Å². The highest BCUT2D eigenvalue weighted by Gasteiger charge is 2.12. The molecule has 2 aromatic rings. The number of amides is 1. The molecule has 0 aliphatic heterocycles. The van der Waals surface area contributed by atoms with Gasteiger partial charge in [0.1, 0.15) is 10.8 Å². The van der Waals surface area contributed by atoms with Crippen molar-refractivity contribution in [2.24, 2.45) is 0 Å². The molecule has 1 N–H and O–H groups in total. The topological polar surface area (TPSA) is 89.0 Å². The van der Waals surface area contributed by atoms with Gasteiger partial charge in [-0.25, -0.2) is 13.4 Å². The minimum atomic E-state index is -3.25. The molecule has 0 aliphatic rings. The lowest BCUT2D eigenvalue weighted by atomic mass is 10.3. The van der Waals surface area contributed by atoms with Gasteiger partial charge in [-0.1, -0.05) is 18.5 Å². The van der Waals surface area contributed by atoms with Gasteiger partial charge in [-0.15, -0.1) is 0 Å². The summed E-state index contributed by atoms with van der Waals surface area (Å²) in [5.41, 5.74) is 0.532. The van der Waals surface area contributed by atoms with Crippen LogP contribution in [-0.2, 0) is 9.84 Å². The summed E-state index contributed by atoms with van der Waals surface area (Å²) in [5, 5.41) is 2.70. The fraction of sp³-hybridized carbons (Fsp3) is 0.154. The van der Waals surface area contributed by atoms with Crippen LogP contribution < -0.4 is 5.32 Å². The third-order valence-corrected chi connectivity index (χ3v) is 4.62. The average Bonchev–Trinajstić information content (AvgIpc) is 2.48. The van der Waals surface area contributed by atoms with E-state index in [0.717, 1.165) is 0 Å². The van der Waals surface area contributed by atoms with Crippen LogP contribution in [0, 0.1) is 0 Å². The van der Waals surface area contributed by atoms with E-state index in [1.165, 1.54) is 36.7 Å². The smallest absolute Gasteiger partial charge is 0.275 e. The number of anilines is 1. The molecule has 110 valence electrons. The number of carbonyl (C=O) groups is 1. The molecule has 0 saturated heterocycles. The van der Waals surface area contributed by atoms with Crippen LogP contribution in [0.5, 0.6) is 0 Å². The minimum absolute atomic E-state index is 0.0246. The summed E-state index contributed by atoms with van der Waals surface area (Å²) >= 11 is 5.66. The maximum absolute atomic E-state index is 11.9. The van der Waals surface area contributed by atoms with E-state index in [4.69, 9.17) is 11.6 Å². The van der Waals surface area contributed by atoms with Crippen LogP contribution in [0.15, 0.2) is 41.6 Å². The Morgan fingerprint density at radius 3 is 2.48 bits per heavy atom. The molecular formula is C13H12ClN3O3S. The molecule has 0 saturated carbocycles. The van der Waals surface area contributed by atoms with Crippen molar-refractivity contribution in [2.75, 3.05) is 11.1 Å². The third-order valence-electron chi connectivity index (χ3n) is 2.69. The van der Waals surface area contributed by atoms with Crippen LogP contribution >= 0.6 is 11.6 Å². The molecule has 1 amide bonds. The summed E-state index contributed by atoms with van der Waals surface area (Å²) in [6.45, 7) is 1.57. The molecule has 8 heteroatoms. The van der Waals surface area contributed by atoms with Gasteiger partial charge < -0.3 is 5.32 Å². The summed E-state index contributed by atoms with van der Waals surface area (Å²) in [6, 6.07) is 5.91. The summed E-state index contributed by atoms with van der Waals surface area (Å²) in [4.78, 5) is 19.7. The van der Waals surface area contributed by atoms with Crippen molar-refractivity contribution in [1.82, 2.24) is 9.97 Å². The quantitative estimate of drug-likeness (QED) is 0.930. The first kappa shape index (κ1) is 15.4. The first-order valence-corrected chi connectivity index (χ1v) is 8.07. The van der Waals surface area contributed by atoms with Crippen molar-refractivity contribution in [1.29, 1.82) is 0 Å². The van der Waals surface area contributed by atoms with Crippen molar-refractivity contribution >= 4 is 33.0 Å². The monoisotopic (exact) mass is 325 g/mol. The molecule has 0 spiro atoms. The molecule has 0 fully saturated rings. The Morgan fingerprint density at radius 2 is 1.90 bits per heavy atom. The maximum Gasteiger partial charge on any atom is 0.275 e. The molecule has 1 aromatic carbocycles. The lowest BCUT2D eigenvalue weighted by Crippen LogP contribution is -2.14. The summed E-state index contributed by atoms with van der Waals surface area (Å²) < 4.78 is 23.3. The number of hydrogen-bond acceptors (Lipinski definition) is 5. The van der Waals surface area contributed by atoms with Crippen LogP contribution in [0.1, 0.15) is 17.4 Å². The fourth-order valence-corrected chi connectivity index (χ4v) is 2.59. The Balaban J connectivity index is 2.16. The Labute approximate surface area is 127 Å². The Morgan fingerprint density at radius 1 is 1.24 bits per heavy atom. The van der Waals surface area contributed by atoms with Crippen molar-refractivity contribution in [3.05, 3.63) is 47.5 Å². The molecule has 0 unspecified atom stereocenters. The lowest BCUT2D eigenvalue weighted by Gasteiger charge is -2.06. The Bertz CT molecular complexity index is 760. The van der Waals surface area contributed by atoms with Gasteiger partial charge in [0.25, 0.3) is 5.91 Å². The highest BCUT2D eigenvalue weighted by atomic mass is 35.5. The van der Waals surface area contributed by atoms with Crippen molar-refractivity contribution in [2.45, 2.75) is 11.8 Å². The highest BCUT2D eigenvalue weighted by Crippen LogP contribution is 2.16. The second-order valence-corrected chi connectivity index (χ2v) is 6.77. The number of sulfone groups is 1. The van der Waals surface area contributed by atoms with E-state index in [2.05, 4.69) is 15.3 Å². The molecule has 1 heterocycles. The number of rotatable bonds is 4. The first-order valence-electron chi connectivity index (χ1n) is 6.04. The number of nitrogens with one attached hydrogen (secondary N) is 1. The molecule has 0 radical (unpaired) electrons. The molecule has 2 rings (SSSR count). The van der Waals surface area contributed by atoms with Crippen LogP contribution in [0.4, 0.5) is 5.69 Å². The number of aromatic nitrogens is 2. The maximum atomic E-state index is 11.9. The van der Waals surface area contributed by atoms with E-state index in [9.17, 15) is 13.2 Å². The number of hydrogen-bond donors (Lipinski definition) is 1. The SMILES string of the molecule is CCS(=O)(=O)c1ccc(NC(=O)c2cncc(Cl)n2)cc1. The summed E-state index contributed by atoms with van der Waals surface area (Å²) in [6.07, 6.45) is 2.61. The van der Waals surface area contributed by atoms with E-state index in [1.54, 1.807) is 6.92 Å². The zero-order valence-electron chi connectivity index (χ0n) is 11.1. The molecule has 21 heavy (non-hydrogen) atoms. The van der Waals surface area contributed by atoms with E-state index in [0.29, 0.717) is 5.69 Å². The van der Waals surface area contributed by atoms with Gasteiger partial charge in [0.2, 0.25) is 0 Å². The number of halogens is 1. The van der Waals surface area contributed by atoms with Crippen molar-refractivity contribution in [3.63, 3.8) is 0 Å². The highest BCUT2D eigenvalue weighted by molar-refractivity contribution is 7.91. The number of benzene rings is 1. The molecule has 0 atom stereocenters. The van der Waals surface area contributed by atoms with E-state index in [-0.39, 0.29) is 21.5 Å². The molecule has 0 bridgehead atoms. The standard InChI is InChI=1S/C13H12ClN3O3S/c1-2-21(19,20)10-5-3-9(4-6-10)16-13(18)11-7-15-8-12(14)17-11/h3-8H,2H2,1H3,(H,16,18). The zero-order chi connectivity index (χ0) is 15.5. The summed E-state index contributed by atoms with van der Waals surface area (Å²) in [7, 11) is -3.25. The first-order chi connectivity index (χ1) is 9.92. The molecule has 6 nitrogen and oxygen atoms in total. The predicted molar refractivity (Wildman–Crippen MR) is 79.2 cm³/mol. The number of carbonyl (C=O) groups excluding carboxylic acids is 1. The predicted octanol–water partition coefficient (Wildman–Crippen LogP) is 2.18. The van der Waals surface area contributed by atoms with E-state index < -0.39 is 15.7 Å². The minimum Gasteiger partial charge on any atom is -0.321 e. The Hall–Kier alpha value is -1.99. The van der Waals surface area contributed by atoms with Crippen LogP contribution in [0.2, 0.25) is 5.15 Å². The largest absolute Gasteiger partial charge is 0.321 e. The molecular weight excluding hydrogens is 314 g/mol. The van der Waals surface area contributed by atoms with Gasteiger partial charge in [0.05, 0.1) is 23.0 Å². The average molecular weight is 326 g/mol. The van der Waals surface area contributed by atoms with E-state index in [1.807, 2.05) is 0 Å². The van der Waals surface area contributed by atoms with Gasteiger partial charge in [0.15, 0.2) is 9.84 Å². The second-order valence-electron chi connectivity index (χ2n) is 4.11. The normalized spacial score (nSPS) is 11.1. The zero-order valence-corrected chi connectivity index (χ0v) is 12.6. The van der Waals surface area contributed by atoms with Gasteiger partial charge >= 0.3 is 0 Å². The van der Waals surface area contributed by atoms with Crippen molar-refractivity contribution in [3.8, 4) is 0 Å². The van der Waals surface area contributed by atoms with Crippen LogP contribution in [0.3, 0.4) is 0 Å². The van der Waals surface area contributed by atoms with E-state index >= 15 is 0 Å². The summed E-state index contributed by atoms with van der Waals surface area (Å²) in [5.74, 6) is -0.451. The number of nitrogens with zero attached hydrogens (tertiary/aromatic N) is 2. The van der Waals surface area contributed by atoms with Crippen LogP contribution in [0.25, 0.3) is 0 Å². The Kier molecular flexibility index (Phi) is 4.54. The molecule has 0 aliphatic carbocycles. The van der Waals surface area contributed by atoms with Gasteiger partial charge in [-0.05, 0) is 24.3 Å². The van der Waals surface area contributed by atoms with Crippen LogP contribution in [-0.4, -0.2) is 30.0 Å². The fourth-order valence-electron chi connectivity index (χ4n) is 1.56. The van der Waals surface area contributed by atoms with Crippen molar-refractivity contribution < 1.29 is 13.2 Å².